The van der Waals surface area contributed by atoms with Crippen molar-refractivity contribution >= 4 is 14.0 Å². The fraction of sp³-hybridized carbons (Fsp3) is 0.381. The quantitative estimate of drug-likeness (QED) is 0.416. The summed E-state index contributed by atoms with van der Waals surface area (Å²) in [6.07, 6.45) is 9.07. The molecule has 24 heavy (non-hydrogen) atoms. The second kappa shape index (κ2) is 8.29. The average Bonchev–Trinajstić information content (AvgIpc) is 2.70. The third-order valence-electron chi connectivity index (χ3n) is 4.22. The molecule has 3 heteroatoms. The zero-order valence-electron chi connectivity index (χ0n) is 15.3. The van der Waals surface area contributed by atoms with E-state index in [4.69, 9.17) is 4.74 Å². The lowest BCUT2D eigenvalue weighted by Gasteiger charge is -2.20. The molecule has 2 rings (SSSR count). The number of hydrogen-bond acceptors (Lipinski definition) is 2. The number of esters is 1. The molecule has 0 atom stereocenters. The van der Waals surface area contributed by atoms with Gasteiger partial charge in [0.1, 0.15) is 0 Å². The molecule has 1 aliphatic carbocycles. The maximum Gasteiger partial charge on any atom is 0.331 e. The van der Waals surface area contributed by atoms with E-state index in [9.17, 15) is 4.79 Å². The lowest BCUT2D eigenvalue weighted by molar-refractivity contribution is -0.137. The zero-order chi connectivity index (χ0) is 17.6. The summed E-state index contributed by atoms with van der Waals surface area (Å²) in [5.41, 5.74) is 3.66. The summed E-state index contributed by atoms with van der Waals surface area (Å²) in [4.78, 5) is 11.8. The van der Waals surface area contributed by atoms with Gasteiger partial charge in [0.05, 0.1) is 14.7 Å². The first kappa shape index (κ1) is 18.5. The van der Waals surface area contributed by atoms with Gasteiger partial charge in [-0.25, -0.2) is 4.79 Å². The summed E-state index contributed by atoms with van der Waals surface area (Å²) in [6.45, 7) is 9.42. The molecule has 1 aliphatic rings. The van der Waals surface area contributed by atoms with Crippen molar-refractivity contribution in [2.45, 2.75) is 45.8 Å². The lowest BCUT2D eigenvalue weighted by Crippen LogP contribution is -2.24. The van der Waals surface area contributed by atoms with Crippen molar-refractivity contribution in [2.75, 3.05) is 6.61 Å². The first-order valence-corrected chi connectivity index (χ1v) is 12.2. The second-order valence-electron chi connectivity index (χ2n) is 7.27. The van der Waals surface area contributed by atoms with Crippen LogP contribution in [0.25, 0.3) is 0 Å². The average molecular weight is 341 g/mol. The minimum absolute atomic E-state index is 0.237. The van der Waals surface area contributed by atoms with Crippen LogP contribution in [0.5, 0.6) is 0 Å². The van der Waals surface area contributed by atoms with Gasteiger partial charge in [-0.2, -0.15) is 0 Å². The molecular weight excluding hydrogens is 312 g/mol. The molecule has 0 saturated carbocycles. The molecule has 2 nitrogen and oxygen atoms in total. The smallest absolute Gasteiger partial charge is 0.331 e. The first-order chi connectivity index (χ1) is 11.4. The molecule has 0 bridgehead atoms. The van der Waals surface area contributed by atoms with Gasteiger partial charge in [0.2, 0.25) is 0 Å². The monoisotopic (exact) mass is 340 g/mol. The Bertz CT molecular complexity index is 661. The molecular formula is C21H28O2Si. The summed E-state index contributed by atoms with van der Waals surface area (Å²) >= 11 is 0. The fourth-order valence-corrected chi connectivity index (χ4v) is 4.39. The molecule has 0 saturated heterocycles. The van der Waals surface area contributed by atoms with Crippen molar-refractivity contribution in [3.8, 4) is 0 Å². The number of hydrogen-bond donors (Lipinski definition) is 0. The van der Waals surface area contributed by atoms with Crippen LogP contribution >= 0.6 is 0 Å². The molecule has 0 heterocycles. The Morgan fingerprint density at radius 3 is 2.46 bits per heavy atom. The van der Waals surface area contributed by atoms with Crippen molar-refractivity contribution in [1.29, 1.82) is 0 Å². The minimum atomic E-state index is -1.36. The predicted molar refractivity (Wildman–Crippen MR) is 104 cm³/mol. The van der Waals surface area contributed by atoms with E-state index in [2.05, 4.69) is 56.1 Å². The summed E-state index contributed by atoms with van der Waals surface area (Å²) in [6, 6.07) is 10.5. The van der Waals surface area contributed by atoms with Crippen LogP contribution in [0.1, 0.15) is 25.3 Å². The van der Waals surface area contributed by atoms with Gasteiger partial charge in [-0.05, 0) is 42.9 Å². The Balaban J connectivity index is 2.31. The highest BCUT2D eigenvalue weighted by molar-refractivity contribution is 6.83. The molecule has 0 radical (unpaired) electrons. The number of allylic oxidation sites excluding steroid dienone is 5. The van der Waals surface area contributed by atoms with Gasteiger partial charge in [-0.15, -0.1) is 0 Å². The number of benzene rings is 1. The van der Waals surface area contributed by atoms with Gasteiger partial charge in [0.15, 0.2) is 0 Å². The van der Waals surface area contributed by atoms with Crippen LogP contribution in [-0.2, 0) is 16.0 Å². The number of carbonyl (C=O) groups is 1. The summed E-state index contributed by atoms with van der Waals surface area (Å²) < 4.78 is 5.08. The molecule has 0 aliphatic heterocycles. The first-order valence-electron chi connectivity index (χ1n) is 8.71. The molecule has 1 aromatic rings. The fourth-order valence-electron chi connectivity index (χ4n) is 2.90. The molecule has 0 amide bonds. The van der Waals surface area contributed by atoms with Gasteiger partial charge >= 0.3 is 5.97 Å². The van der Waals surface area contributed by atoms with Gasteiger partial charge in [0, 0.05) is 6.08 Å². The van der Waals surface area contributed by atoms with Crippen molar-refractivity contribution in [2.24, 2.45) is 0 Å². The summed E-state index contributed by atoms with van der Waals surface area (Å²) in [5.74, 6) is -0.237. The predicted octanol–water partition coefficient (Wildman–Crippen LogP) is 5.24. The Labute approximate surface area is 146 Å². The Morgan fingerprint density at radius 2 is 1.83 bits per heavy atom. The van der Waals surface area contributed by atoms with Crippen LogP contribution < -0.4 is 0 Å². The molecule has 0 fully saturated rings. The number of carbonyl (C=O) groups excluding carboxylic acids is 1. The standard InChI is InChI=1S/C21H28O2Si/c1-5-23-21(22)16-18-11-12-20(24(2,3)4)15-19(14-18)13-17-9-7-6-8-10-17/h6-10,14-16H,5,11-13H2,1-4H3/b18-16-. The molecule has 0 unspecified atom stereocenters. The molecule has 128 valence electrons. The van der Waals surface area contributed by atoms with E-state index in [1.165, 1.54) is 11.1 Å². The van der Waals surface area contributed by atoms with E-state index in [0.29, 0.717) is 6.61 Å². The van der Waals surface area contributed by atoms with Crippen LogP contribution in [0.15, 0.2) is 64.9 Å². The maximum absolute atomic E-state index is 11.8. The Morgan fingerprint density at radius 1 is 1.12 bits per heavy atom. The second-order valence-corrected chi connectivity index (χ2v) is 12.4. The normalized spacial score (nSPS) is 17.1. The lowest BCUT2D eigenvalue weighted by atomic mass is 10.0. The van der Waals surface area contributed by atoms with Crippen LogP contribution in [-0.4, -0.2) is 20.7 Å². The summed E-state index contributed by atoms with van der Waals surface area (Å²) in [7, 11) is -1.36. The molecule has 1 aromatic carbocycles. The van der Waals surface area contributed by atoms with Crippen LogP contribution in [0.3, 0.4) is 0 Å². The van der Waals surface area contributed by atoms with E-state index in [0.717, 1.165) is 24.8 Å². The van der Waals surface area contributed by atoms with Gasteiger partial charge in [0.25, 0.3) is 0 Å². The SMILES string of the molecule is CCOC(=O)/C=C1\C=C(Cc2ccccc2)C=C([Si](C)(C)C)CC1. The maximum atomic E-state index is 11.8. The van der Waals surface area contributed by atoms with Gasteiger partial charge in [-0.1, -0.05) is 67.3 Å². The van der Waals surface area contributed by atoms with Gasteiger partial charge in [-0.3, -0.25) is 0 Å². The Hall–Kier alpha value is -1.87. The van der Waals surface area contributed by atoms with Crippen molar-refractivity contribution in [1.82, 2.24) is 0 Å². The number of ether oxygens (including phenoxy) is 1. The highest BCUT2D eigenvalue weighted by atomic mass is 28.3. The highest BCUT2D eigenvalue weighted by Crippen LogP contribution is 2.29. The van der Waals surface area contributed by atoms with Crippen molar-refractivity contribution < 1.29 is 9.53 Å². The van der Waals surface area contributed by atoms with E-state index < -0.39 is 8.07 Å². The highest BCUT2D eigenvalue weighted by Gasteiger charge is 2.21. The van der Waals surface area contributed by atoms with E-state index >= 15 is 0 Å². The largest absolute Gasteiger partial charge is 0.463 e. The molecule has 0 aromatic heterocycles. The Kier molecular flexibility index (Phi) is 6.38. The van der Waals surface area contributed by atoms with Crippen LogP contribution in [0.4, 0.5) is 0 Å². The summed E-state index contributed by atoms with van der Waals surface area (Å²) in [5, 5.41) is 1.57. The van der Waals surface area contributed by atoms with Crippen LogP contribution in [0.2, 0.25) is 19.6 Å². The van der Waals surface area contributed by atoms with Crippen molar-refractivity contribution in [3.63, 3.8) is 0 Å². The van der Waals surface area contributed by atoms with E-state index in [1.54, 1.807) is 11.3 Å². The van der Waals surface area contributed by atoms with Crippen molar-refractivity contribution in [3.05, 3.63) is 70.5 Å². The molecule has 0 spiro atoms. The zero-order valence-corrected chi connectivity index (χ0v) is 16.3. The molecule has 0 N–H and O–H groups in total. The van der Waals surface area contributed by atoms with E-state index in [1.807, 2.05) is 13.0 Å². The topological polar surface area (TPSA) is 26.3 Å². The third-order valence-corrected chi connectivity index (χ3v) is 6.54. The van der Waals surface area contributed by atoms with Crippen LogP contribution in [0, 0.1) is 0 Å². The number of rotatable bonds is 5. The third kappa shape index (κ3) is 5.64. The minimum Gasteiger partial charge on any atom is -0.463 e. The van der Waals surface area contributed by atoms with Gasteiger partial charge < -0.3 is 4.74 Å². The van der Waals surface area contributed by atoms with E-state index in [-0.39, 0.29) is 5.97 Å².